The Morgan fingerprint density at radius 3 is 2.20 bits per heavy atom. The molecule has 0 unspecified atom stereocenters. The van der Waals surface area contributed by atoms with Crippen LogP contribution in [0.5, 0.6) is 0 Å². The average molecular weight is 148 g/mol. The van der Waals surface area contributed by atoms with Gasteiger partial charge in [0.25, 0.3) is 0 Å². The monoisotopic (exact) mass is 148 g/mol. The third-order valence-corrected chi connectivity index (χ3v) is 1.75. The van der Waals surface area contributed by atoms with Crippen LogP contribution >= 0.6 is 0 Å². The first-order chi connectivity index (χ1) is 4.72. The second-order valence-electron chi connectivity index (χ2n) is 2.43. The van der Waals surface area contributed by atoms with Gasteiger partial charge in [-0.05, 0) is 37.6 Å². The Bertz CT molecular complexity index is 212. The molecule has 0 saturated heterocycles. The van der Waals surface area contributed by atoms with Gasteiger partial charge in [-0.2, -0.15) is 0 Å². The van der Waals surface area contributed by atoms with Crippen LogP contribution in [-0.4, -0.2) is 15.2 Å². The predicted molar refractivity (Wildman–Crippen MR) is 43.2 cm³/mol. The van der Waals surface area contributed by atoms with Gasteiger partial charge in [-0.1, -0.05) is 0 Å². The molecule has 0 aliphatic rings. The van der Waals surface area contributed by atoms with Crippen LogP contribution in [0, 0.1) is 13.8 Å². The Labute approximate surface area is 64.9 Å². The van der Waals surface area contributed by atoms with E-state index in [1.54, 1.807) is 0 Å². The smallest absolute Gasteiger partial charge is 0.0378 e. The third kappa shape index (κ3) is 1.67. The lowest BCUT2D eigenvalue weighted by Crippen LogP contribution is -1.90. The zero-order chi connectivity index (χ0) is 7.56. The Balaban J connectivity index is 3.06. The zero-order valence-corrected chi connectivity index (χ0v) is 7.31. The van der Waals surface area contributed by atoms with Gasteiger partial charge in [0.1, 0.15) is 0 Å². The molecule has 10 heavy (non-hydrogen) atoms. The Kier molecular flexibility index (Phi) is 2.22. The van der Waals surface area contributed by atoms with Gasteiger partial charge in [0, 0.05) is 21.6 Å². The number of nitrogens with zero attached hydrogens (tertiary/aromatic N) is 1. The first-order valence-corrected chi connectivity index (χ1v) is 4.02. The molecule has 51 valence electrons. The molecule has 1 aromatic rings. The minimum absolute atomic E-state index is 0.907. The van der Waals surface area contributed by atoms with Crippen molar-refractivity contribution in [3.05, 3.63) is 29.1 Å². The molecule has 0 fully saturated rings. The number of pyridine rings is 1. The highest BCUT2D eigenvalue weighted by molar-refractivity contribution is 6.08. The maximum atomic E-state index is 4.26. The number of hydrogen-bond donors (Lipinski definition) is 0. The molecule has 0 aromatic carbocycles. The van der Waals surface area contributed by atoms with Gasteiger partial charge in [0.15, 0.2) is 0 Å². The van der Waals surface area contributed by atoms with Gasteiger partial charge < -0.3 is 0 Å². The number of aryl methyl sites for hydroxylation is 2. The predicted octanol–water partition coefficient (Wildman–Crippen LogP) is 1.37. The fourth-order valence-corrected chi connectivity index (χ4v) is 1.23. The van der Waals surface area contributed by atoms with Crippen molar-refractivity contribution >= 4 is 10.2 Å². The summed E-state index contributed by atoms with van der Waals surface area (Å²) in [4.78, 5) is 4.26. The fourth-order valence-electron chi connectivity index (χ4n) is 1.02. The van der Waals surface area contributed by atoms with E-state index in [1.807, 2.05) is 13.8 Å². The summed E-state index contributed by atoms with van der Waals surface area (Å²) in [5.74, 6) is 0. The highest BCUT2D eigenvalue weighted by Crippen LogP contribution is 2.03. The van der Waals surface area contributed by atoms with Crippen LogP contribution in [0.1, 0.15) is 17.0 Å². The van der Waals surface area contributed by atoms with E-state index in [-0.39, 0.29) is 0 Å². The molecule has 0 bridgehead atoms. The molecule has 0 aliphatic carbocycles. The Hall–Kier alpha value is -0.633. The average Bonchev–Trinajstić information content (AvgIpc) is 1.85. The van der Waals surface area contributed by atoms with Crippen molar-refractivity contribution in [2.24, 2.45) is 0 Å². The molecule has 1 aromatic heterocycles. The summed E-state index contributed by atoms with van der Waals surface area (Å²) in [6.07, 6.45) is 0. The van der Waals surface area contributed by atoms with Crippen LogP contribution in [-0.2, 0) is 6.04 Å². The minimum Gasteiger partial charge on any atom is -0.258 e. The molecule has 0 amide bonds. The maximum absolute atomic E-state index is 4.26. The highest BCUT2D eigenvalue weighted by atomic mass is 28.1. The van der Waals surface area contributed by atoms with Gasteiger partial charge in [-0.25, -0.2) is 0 Å². The van der Waals surface area contributed by atoms with E-state index in [2.05, 4.69) is 27.4 Å². The van der Waals surface area contributed by atoms with E-state index in [4.69, 9.17) is 0 Å². The van der Waals surface area contributed by atoms with Crippen LogP contribution in [0.2, 0.25) is 0 Å². The summed E-state index contributed by atoms with van der Waals surface area (Å²) in [6, 6.07) is 5.07. The second-order valence-corrected chi connectivity index (χ2v) is 2.79. The maximum Gasteiger partial charge on any atom is 0.0378 e. The lowest BCUT2D eigenvalue weighted by molar-refractivity contribution is 1.10. The minimum atomic E-state index is 0.907. The number of aromatic nitrogens is 1. The zero-order valence-electron chi connectivity index (χ0n) is 6.31. The third-order valence-electron chi connectivity index (χ3n) is 1.35. The number of hydrogen-bond acceptors (Lipinski definition) is 1. The quantitative estimate of drug-likeness (QED) is 0.548. The van der Waals surface area contributed by atoms with Crippen LogP contribution in [0.15, 0.2) is 12.1 Å². The van der Waals surface area contributed by atoms with Crippen molar-refractivity contribution in [2.75, 3.05) is 0 Å². The largest absolute Gasteiger partial charge is 0.258 e. The van der Waals surface area contributed by atoms with Gasteiger partial charge in [0.2, 0.25) is 0 Å². The summed E-state index contributed by atoms with van der Waals surface area (Å²) < 4.78 is 0. The van der Waals surface area contributed by atoms with E-state index in [0.717, 1.165) is 17.4 Å². The standard InChI is InChI=1S/C8H10NSi/c1-6-3-8(5-10)4-7(2)9-6/h3-4H,5H2,1-2H3. The van der Waals surface area contributed by atoms with Crippen LogP contribution in [0.4, 0.5) is 0 Å². The summed E-state index contributed by atoms with van der Waals surface area (Å²) >= 11 is 0. The molecule has 1 heterocycles. The van der Waals surface area contributed by atoms with Gasteiger partial charge in [-0.3, -0.25) is 4.98 Å². The summed E-state index contributed by atoms with van der Waals surface area (Å²) in [5, 5.41) is 0. The van der Waals surface area contributed by atoms with Crippen molar-refractivity contribution in [3.63, 3.8) is 0 Å². The van der Waals surface area contributed by atoms with Crippen LogP contribution in [0.25, 0.3) is 0 Å². The van der Waals surface area contributed by atoms with Gasteiger partial charge in [-0.15, -0.1) is 0 Å². The molecule has 2 heteroatoms. The van der Waals surface area contributed by atoms with Gasteiger partial charge in [0.05, 0.1) is 0 Å². The molecule has 0 aliphatic heterocycles. The van der Waals surface area contributed by atoms with Crippen LogP contribution in [0.3, 0.4) is 0 Å². The summed E-state index contributed by atoms with van der Waals surface area (Å²) in [5.41, 5.74) is 3.48. The van der Waals surface area contributed by atoms with E-state index in [9.17, 15) is 0 Å². The van der Waals surface area contributed by atoms with Crippen molar-refractivity contribution in [1.29, 1.82) is 0 Å². The van der Waals surface area contributed by atoms with E-state index >= 15 is 0 Å². The molecule has 0 N–H and O–H groups in total. The van der Waals surface area contributed by atoms with Crippen molar-refractivity contribution in [2.45, 2.75) is 19.9 Å². The van der Waals surface area contributed by atoms with Gasteiger partial charge >= 0.3 is 0 Å². The highest BCUT2D eigenvalue weighted by Gasteiger charge is 1.92. The summed E-state index contributed by atoms with van der Waals surface area (Å²) in [7, 11) is 3.44. The Morgan fingerprint density at radius 2 is 1.80 bits per heavy atom. The Morgan fingerprint density at radius 1 is 1.30 bits per heavy atom. The molecule has 0 atom stereocenters. The first-order valence-electron chi connectivity index (χ1n) is 3.31. The lowest BCUT2D eigenvalue weighted by atomic mass is 10.2. The normalized spacial score (nSPS) is 9.90. The van der Waals surface area contributed by atoms with E-state index < -0.39 is 0 Å². The molecule has 0 saturated carbocycles. The summed E-state index contributed by atoms with van der Waals surface area (Å²) in [6.45, 7) is 4.02. The molecule has 0 spiro atoms. The van der Waals surface area contributed by atoms with Crippen molar-refractivity contribution in [3.8, 4) is 0 Å². The lowest BCUT2D eigenvalue weighted by Gasteiger charge is -1.99. The molecule has 3 radical (unpaired) electrons. The molecule has 1 rings (SSSR count). The SMILES string of the molecule is Cc1cc(C[Si])cc(C)n1. The molecular weight excluding hydrogens is 138 g/mol. The number of rotatable bonds is 1. The van der Waals surface area contributed by atoms with E-state index in [1.165, 1.54) is 5.56 Å². The second kappa shape index (κ2) is 2.97. The topological polar surface area (TPSA) is 12.9 Å². The molecular formula is C8H10NSi. The molecule has 1 nitrogen and oxygen atoms in total. The van der Waals surface area contributed by atoms with E-state index in [0.29, 0.717) is 0 Å². The van der Waals surface area contributed by atoms with Crippen molar-refractivity contribution < 1.29 is 0 Å². The fraction of sp³-hybridized carbons (Fsp3) is 0.375. The first kappa shape index (κ1) is 7.47. The van der Waals surface area contributed by atoms with Crippen molar-refractivity contribution in [1.82, 2.24) is 4.98 Å². The van der Waals surface area contributed by atoms with Crippen LogP contribution < -0.4 is 0 Å².